The number of carbonyl (C=O) groups excluding carboxylic acids is 2. The lowest BCUT2D eigenvalue weighted by Gasteiger charge is -2.35. The summed E-state index contributed by atoms with van der Waals surface area (Å²) in [5.41, 5.74) is 1.42. The van der Waals surface area contributed by atoms with Gasteiger partial charge in [0.1, 0.15) is 16.9 Å². The Morgan fingerprint density at radius 2 is 1.88 bits per heavy atom. The average Bonchev–Trinajstić information content (AvgIpc) is 2.92. The van der Waals surface area contributed by atoms with E-state index in [2.05, 4.69) is 44.6 Å². The molecule has 5 rings (SSSR count). The Morgan fingerprint density at radius 3 is 2.64 bits per heavy atom. The highest BCUT2D eigenvalue weighted by molar-refractivity contribution is 6.12. The van der Waals surface area contributed by atoms with Gasteiger partial charge in [-0.25, -0.2) is 9.18 Å². The standard InChI is InChI=1S/C32H41FN6O3/c1-19-14-21(16-22(15-19)35-31(41)42-32(3,4)5)23-11-12-34-18-27(23)36-30(40)24-9-10-26(33)25-17-28(37-38-29(24)25)39-13-7-6-8-20(39)2/h9-12,17-22H,6-8,13-16H2,1-5H3,(H,35,41)(H,36,40)/t19-,20?,21+,22-/m0/s1. The molecule has 0 radical (unpaired) electrons. The Bertz CT molecular complexity index is 1460. The molecule has 224 valence electrons. The topological polar surface area (TPSA) is 109 Å². The number of piperidine rings is 1. The van der Waals surface area contributed by atoms with Gasteiger partial charge < -0.3 is 20.3 Å². The predicted molar refractivity (Wildman–Crippen MR) is 161 cm³/mol. The molecule has 0 spiro atoms. The van der Waals surface area contributed by atoms with Crippen molar-refractivity contribution in [2.75, 3.05) is 16.8 Å². The van der Waals surface area contributed by atoms with Crippen molar-refractivity contribution >= 4 is 34.4 Å². The number of hydrogen-bond acceptors (Lipinski definition) is 7. The number of ether oxygens (including phenoxy) is 1. The number of hydrogen-bond donors (Lipinski definition) is 2. The lowest BCUT2D eigenvalue weighted by Crippen LogP contribution is -2.42. The maximum atomic E-state index is 15.0. The van der Waals surface area contributed by atoms with Crippen LogP contribution in [0, 0.1) is 11.7 Å². The SMILES string of the molecule is CC1CCCCN1c1cc2c(F)ccc(C(=O)Nc3cnccc3[C@@H]3C[C@H](C)C[C@H](NC(=O)OC(C)(C)C)C3)c2nn1. The van der Waals surface area contributed by atoms with Crippen LogP contribution in [0.15, 0.2) is 36.7 Å². The van der Waals surface area contributed by atoms with Gasteiger partial charge in [-0.05, 0) is 108 Å². The molecule has 1 saturated carbocycles. The summed E-state index contributed by atoms with van der Waals surface area (Å²) < 4.78 is 20.5. The molecule has 1 saturated heterocycles. The molecule has 1 aliphatic carbocycles. The second-order valence-electron chi connectivity index (χ2n) is 12.9. The molecule has 2 aliphatic rings. The quantitative estimate of drug-likeness (QED) is 0.353. The highest BCUT2D eigenvalue weighted by Crippen LogP contribution is 2.39. The first-order valence-corrected chi connectivity index (χ1v) is 15.0. The van der Waals surface area contributed by atoms with E-state index in [1.54, 1.807) is 18.5 Å². The van der Waals surface area contributed by atoms with Crippen LogP contribution in [0.2, 0.25) is 0 Å². The first-order valence-electron chi connectivity index (χ1n) is 15.0. The number of nitrogens with one attached hydrogen (secondary N) is 2. The van der Waals surface area contributed by atoms with Crippen molar-refractivity contribution in [3.63, 3.8) is 0 Å². The molecule has 2 N–H and O–H groups in total. The fourth-order valence-corrected chi connectivity index (χ4v) is 6.35. The number of halogens is 1. The maximum absolute atomic E-state index is 15.0. The van der Waals surface area contributed by atoms with Gasteiger partial charge >= 0.3 is 6.09 Å². The summed E-state index contributed by atoms with van der Waals surface area (Å²) in [4.78, 5) is 32.5. The van der Waals surface area contributed by atoms with Gasteiger partial charge in [-0.2, -0.15) is 0 Å². The highest BCUT2D eigenvalue weighted by Gasteiger charge is 2.31. The minimum absolute atomic E-state index is 0.0570. The summed E-state index contributed by atoms with van der Waals surface area (Å²) >= 11 is 0. The van der Waals surface area contributed by atoms with Crippen LogP contribution in [0.1, 0.15) is 95.0 Å². The van der Waals surface area contributed by atoms with Crippen molar-refractivity contribution in [1.29, 1.82) is 0 Å². The van der Waals surface area contributed by atoms with Crippen LogP contribution in [-0.2, 0) is 4.74 Å². The van der Waals surface area contributed by atoms with Gasteiger partial charge in [-0.1, -0.05) is 6.92 Å². The number of pyridine rings is 1. The van der Waals surface area contributed by atoms with Gasteiger partial charge in [0.15, 0.2) is 5.82 Å². The number of aromatic nitrogens is 3. The van der Waals surface area contributed by atoms with E-state index in [1.807, 2.05) is 26.8 Å². The third-order valence-corrected chi connectivity index (χ3v) is 8.24. The van der Waals surface area contributed by atoms with Crippen LogP contribution in [0.25, 0.3) is 10.9 Å². The van der Waals surface area contributed by atoms with Gasteiger partial charge in [-0.15, -0.1) is 10.2 Å². The van der Waals surface area contributed by atoms with Crippen molar-refractivity contribution in [2.45, 2.75) is 96.7 Å². The molecular weight excluding hydrogens is 535 g/mol. The molecule has 2 fully saturated rings. The number of nitrogens with zero attached hydrogens (tertiary/aromatic N) is 4. The van der Waals surface area contributed by atoms with E-state index in [-0.39, 0.29) is 28.4 Å². The summed E-state index contributed by atoms with van der Waals surface area (Å²) in [6.45, 7) is 10.7. The third-order valence-electron chi connectivity index (χ3n) is 8.24. The first kappa shape index (κ1) is 29.7. The Morgan fingerprint density at radius 1 is 1.07 bits per heavy atom. The van der Waals surface area contributed by atoms with Crippen molar-refractivity contribution in [3.05, 3.63) is 53.6 Å². The van der Waals surface area contributed by atoms with E-state index in [1.165, 1.54) is 12.1 Å². The van der Waals surface area contributed by atoms with Crippen LogP contribution in [0.4, 0.5) is 20.7 Å². The Kier molecular flexibility index (Phi) is 8.61. The molecule has 1 aliphatic heterocycles. The Hall–Kier alpha value is -3.82. The lowest BCUT2D eigenvalue weighted by molar-refractivity contribution is 0.0482. The van der Waals surface area contributed by atoms with E-state index in [0.29, 0.717) is 29.9 Å². The molecule has 1 unspecified atom stereocenters. The summed E-state index contributed by atoms with van der Waals surface area (Å²) in [7, 11) is 0. The molecule has 9 nitrogen and oxygen atoms in total. The number of alkyl carbamates (subject to hydrolysis) is 1. The third kappa shape index (κ3) is 6.79. The van der Waals surface area contributed by atoms with Gasteiger partial charge in [0.05, 0.1) is 17.4 Å². The first-order chi connectivity index (χ1) is 20.0. The van der Waals surface area contributed by atoms with E-state index >= 15 is 0 Å². The van der Waals surface area contributed by atoms with Crippen molar-refractivity contribution in [3.8, 4) is 0 Å². The zero-order valence-corrected chi connectivity index (χ0v) is 25.1. The largest absolute Gasteiger partial charge is 0.444 e. The normalized spacial score (nSPS) is 23.0. The van der Waals surface area contributed by atoms with E-state index in [9.17, 15) is 14.0 Å². The summed E-state index contributed by atoms with van der Waals surface area (Å²) in [5.74, 6) is 0.222. The van der Waals surface area contributed by atoms with Gasteiger partial charge in [0.2, 0.25) is 0 Å². The Balaban J connectivity index is 1.37. The zero-order chi connectivity index (χ0) is 30.0. The minimum Gasteiger partial charge on any atom is -0.444 e. The molecule has 1 aromatic carbocycles. The number of carbonyl (C=O) groups is 2. The number of fused-ring (bicyclic) bond motifs is 1. The van der Waals surface area contributed by atoms with Crippen LogP contribution in [-0.4, -0.2) is 51.4 Å². The molecule has 0 bridgehead atoms. The summed E-state index contributed by atoms with van der Waals surface area (Å²) in [6.07, 6.45) is 8.65. The minimum atomic E-state index is -0.575. The van der Waals surface area contributed by atoms with E-state index in [0.717, 1.165) is 44.2 Å². The van der Waals surface area contributed by atoms with Crippen LogP contribution < -0.4 is 15.5 Å². The highest BCUT2D eigenvalue weighted by atomic mass is 19.1. The molecule has 10 heteroatoms. The second kappa shape index (κ2) is 12.2. The van der Waals surface area contributed by atoms with Crippen molar-refractivity contribution < 1.29 is 18.7 Å². The van der Waals surface area contributed by atoms with Crippen LogP contribution >= 0.6 is 0 Å². The van der Waals surface area contributed by atoms with Gasteiger partial charge in [0.25, 0.3) is 5.91 Å². The van der Waals surface area contributed by atoms with E-state index < -0.39 is 23.4 Å². The monoisotopic (exact) mass is 576 g/mol. The fraction of sp³-hybridized carbons (Fsp3) is 0.531. The van der Waals surface area contributed by atoms with Gasteiger partial charge in [0, 0.05) is 30.2 Å². The number of anilines is 2. The van der Waals surface area contributed by atoms with Gasteiger partial charge in [-0.3, -0.25) is 9.78 Å². The smallest absolute Gasteiger partial charge is 0.407 e. The fourth-order valence-electron chi connectivity index (χ4n) is 6.35. The van der Waals surface area contributed by atoms with Crippen LogP contribution in [0.3, 0.4) is 0 Å². The molecule has 2 amide bonds. The van der Waals surface area contributed by atoms with Crippen molar-refractivity contribution in [2.24, 2.45) is 5.92 Å². The molecule has 42 heavy (non-hydrogen) atoms. The number of rotatable bonds is 5. The predicted octanol–water partition coefficient (Wildman–Crippen LogP) is 6.59. The van der Waals surface area contributed by atoms with E-state index in [4.69, 9.17) is 4.74 Å². The average molecular weight is 577 g/mol. The lowest BCUT2D eigenvalue weighted by atomic mass is 9.76. The number of benzene rings is 1. The number of amides is 2. The van der Waals surface area contributed by atoms with Crippen LogP contribution in [0.5, 0.6) is 0 Å². The molecule has 3 aromatic rings. The maximum Gasteiger partial charge on any atom is 0.407 e. The Labute approximate surface area is 246 Å². The summed E-state index contributed by atoms with van der Waals surface area (Å²) in [6, 6.07) is 6.61. The second-order valence-corrected chi connectivity index (χ2v) is 12.9. The molecule has 4 atom stereocenters. The van der Waals surface area contributed by atoms with Crippen molar-refractivity contribution in [1.82, 2.24) is 20.5 Å². The molecule has 2 aromatic heterocycles. The summed E-state index contributed by atoms with van der Waals surface area (Å²) in [5, 5.41) is 15.0. The molecule has 3 heterocycles. The molecular formula is C32H41FN6O3. The zero-order valence-electron chi connectivity index (χ0n) is 25.1.